The van der Waals surface area contributed by atoms with Gasteiger partial charge >= 0.3 is 5.97 Å². The molecule has 0 fully saturated rings. The Hall–Kier alpha value is -2.18. The predicted molar refractivity (Wildman–Crippen MR) is 89.8 cm³/mol. The van der Waals surface area contributed by atoms with Gasteiger partial charge in [-0.05, 0) is 35.9 Å². The summed E-state index contributed by atoms with van der Waals surface area (Å²) in [5, 5.41) is 3.06. The first-order valence-corrected chi connectivity index (χ1v) is 7.85. The molecule has 2 aromatic carbocycles. The number of halogens is 4. The van der Waals surface area contributed by atoms with Crippen LogP contribution in [0.2, 0.25) is 10.0 Å². The summed E-state index contributed by atoms with van der Waals surface area (Å²) in [5.41, 5.74) is 0.310. The summed E-state index contributed by atoms with van der Waals surface area (Å²) < 4.78 is 30.9. The number of rotatable bonds is 5. The van der Waals surface area contributed by atoms with E-state index in [-0.39, 0.29) is 12.0 Å². The van der Waals surface area contributed by atoms with E-state index in [1.807, 2.05) is 0 Å². The van der Waals surface area contributed by atoms with E-state index in [1.165, 1.54) is 0 Å². The molecule has 0 bridgehead atoms. The van der Waals surface area contributed by atoms with Crippen molar-refractivity contribution in [3.05, 3.63) is 69.2 Å². The molecule has 0 saturated heterocycles. The third-order valence-electron chi connectivity index (χ3n) is 3.44. The molecule has 0 spiro atoms. The van der Waals surface area contributed by atoms with Crippen molar-refractivity contribution in [1.29, 1.82) is 0 Å². The van der Waals surface area contributed by atoms with E-state index in [1.54, 1.807) is 18.2 Å². The first-order chi connectivity index (χ1) is 11.8. The van der Waals surface area contributed by atoms with Gasteiger partial charge in [-0.2, -0.15) is 0 Å². The monoisotopic (exact) mass is 387 g/mol. The van der Waals surface area contributed by atoms with Gasteiger partial charge in [0.2, 0.25) is 0 Å². The quantitative estimate of drug-likeness (QED) is 0.794. The third kappa shape index (κ3) is 4.67. The number of ether oxygens (including phenoxy) is 1. The number of benzene rings is 2. The zero-order valence-electron chi connectivity index (χ0n) is 13.0. The van der Waals surface area contributed by atoms with Crippen LogP contribution in [-0.4, -0.2) is 25.0 Å². The lowest BCUT2D eigenvalue weighted by Gasteiger charge is -2.18. The molecule has 0 radical (unpaired) electrons. The lowest BCUT2D eigenvalue weighted by Crippen LogP contribution is -2.43. The number of nitrogens with one attached hydrogen (secondary N) is 1. The molecule has 1 atom stereocenters. The summed E-state index contributed by atoms with van der Waals surface area (Å²) in [6.45, 7) is 0. The minimum Gasteiger partial charge on any atom is -0.467 e. The molecule has 0 unspecified atom stereocenters. The Morgan fingerprint density at radius 2 is 1.76 bits per heavy atom. The maximum absolute atomic E-state index is 13.3. The van der Waals surface area contributed by atoms with E-state index >= 15 is 0 Å². The maximum atomic E-state index is 13.3. The van der Waals surface area contributed by atoms with Crippen LogP contribution in [0.15, 0.2) is 36.4 Å². The molecule has 132 valence electrons. The smallest absolute Gasteiger partial charge is 0.328 e. The summed E-state index contributed by atoms with van der Waals surface area (Å²) in [6, 6.07) is 6.38. The van der Waals surface area contributed by atoms with Gasteiger partial charge in [-0.1, -0.05) is 29.3 Å². The highest BCUT2D eigenvalue weighted by atomic mass is 35.5. The Kier molecular flexibility index (Phi) is 6.33. The van der Waals surface area contributed by atoms with Gasteiger partial charge in [-0.3, -0.25) is 4.79 Å². The predicted octanol–water partition coefficient (Wildman–Crippen LogP) is 3.79. The topological polar surface area (TPSA) is 55.4 Å². The fourth-order valence-corrected chi connectivity index (χ4v) is 2.70. The molecule has 1 N–H and O–H groups in total. The molecule has 1 amide bonds. The summed E-state index contributed by atoms with van der Waals surface area (Å²) in [4.78, 5) is 24.2. The Morgan fingerprint density at radius 3 is 2.32 bits per heavy atom. The second-order valence-electron chi connectivity index (χ2n) is 5.08. The summed E-state index contributed by atoms with van der Waals surface area (Å²) in [7, 11) is 1.16. The van der Waals surface area contributed by atoms with Crippen molar-refractivity contribution in [2.24, 2.45) is 0 Å². The van der Waals surface area contributed by atoms with E-state index in [0.29, 0.717) is 15.6 Å². The maximum Gasteiger partial charge on any atom is 0.328 e. The molecule has 2 aromatic rings. The number of amides is 1. The summed E-state index contributed by atoms with van der Waals surface area (Å²) >= 11 is 12.1. The van der Waals surface area contributed by atoms with Crippen LogP contribution in [0, 0.1) is 11.6 Å². The van der Waals surface area contributed by atoms with Gasteiger partial charge in [0.15, 0.2) is 11.6 Å². The van der Waals surface area contributed by atoms with Crippen molar-refractivity contribution in [2.75, 3.05) is 7.11 Å². The van der Waals surface area contributed by atoms with Crippen molar-refractivity contribution in [3.63, 3.8) is 0 Å². The van der Waals surface area contributed by atoms with Crippen LogP contribution in [0.25, 0.3) is 0 Å². The first kappa shape index (κ1) is 19.1. The highest BCUT2D eigenvalue weighted by Crippen LogP contribution is 2.25. The number of hydrogen-bond acceptors (Lipinski definition) is 3. The Morgan fingerprint density at radius 1 is 1.12 bits per heavy atom. The fourth-order valence-electron chi connectivity index (χ4n) is 2.15. The highest BCUT2D eigenvalue weighted by molar-refractivity contribution is 6.36. The van der Waals surface area contributed by atoms with Crippen molar-refractivity contribution in [1.82, 2.24) is 5.32 Å². The second kappa shape index (κ2) is 8.27. The zero-order valence-corrected chi connectivity index (χ0v) is 14.5. The fraction of sp³-hybridized carbons (Fsp3) is 0.176. The van der Waals surface area contributed by atoms with E-state index in [4.69, 9.17) is 23.2 Å². The SMILES string of the molecule is COC(=O)[C@@H](Cc1c(Cl)cccc1Cl)NC(=O)c1ccc(F)c(F)c1. The van der Waals surface area contributed by atoms with Crippen molar-refractivity contribution in [2.45, 2.75) is 12.5 Å². The van der Waals surface area contributed by atoms with Gasteiger partial charge in [-0.25, -0.2) is 13.6 Å². The molecule has 0 aliphatic heterocycles. The van der Waals surface area contributed by atoms with Crippen molar-refractivity contribution < 1.29 is 23.1 Å². The number of methoxy groups -OCH3 is 1. The number of carbonyl (C=O) groups excluding carboxylic acids is 2. The Bertz CT molecular complexity index is 794. The first-order valence-electron chi connectivity index (χ1n) is 7.10. The van der Waals surface area contributed by atoms with Gasteiger partial charge in [-0.15, -0.1) is 0 Å². The minimum atomic E-state index is -1.17. The van der Waals surface area contributed by atoms with Crippen LogP contribution in [0.3, 0.4) is 0 Å². The number of esters is 1. The molecular weight excluding hydrogens is 375 g/mol. The lowest BCUT2D eigenvalue weighted by atomic mass is 10.0. The molecule has 0 heterocycles. The number of hydrogen-bond donors (Lipinski definition) is 1. The molecule has 0 aliphatic carbocycles. The van der Waals surface area contributed by atoms with E-state index in [9.17, 15) is 18.4 Å². The molecule has 8 heteroatoms. The molecule has 0 aliphatic rings. The van der Waals surface area contributed by atoms with Crippen molar-refractivity contribution >= 4 is 35.1 Å². The van der Waals surface area contributed by atoms with Crippen LogP contribution in [0.1, 0.15) is 15.9 Å². The third-order valence-corrected chi connectivity index (χ3v) is 4.15. The second-order valence-corrected chi connectivity index (χ2v) is 5.90. The molecule has 25 heavy (non-hydrogen) atoms. The zero-order chi connectivity index (χ0) is 18.6. The van der Waals surface area contributed by atoms with E-state index < -0.39 is 29.6 Å². The Labute approximate surface area is 152 Å². The van der Waals surface area contributed by atoms with Crippen LogP contribution >= 0.6 is 23.2 Å². The van der Waals surface area contributed by atoms with Crippen molar-refractivity contribution in [3.8, 4) is 0 Å². The minimum absolute atomic E-state index is 0.0272. The largest absolute Gasteiger partial charge is 0.467 e. The van der Waals surface area contributed by atoms with E-state index in [0.717, 1.165) is 25.3 Å². The van der Waals surface area contributed by atoms with Gasteiger partial charge in [0.25, 0.3) is 5.91 Å². The average molecular weight is 388 g/mol. The molecular formula is C17H13Cl2F2NO3. The molecule has 0 saturated carbocycles. The van der Waals surface area contributed by atoms with Gasteiger partial charge < -0.3 is 10.1 Å². The normalized spacial score (nSPS) is 11.7. The highest BCUT2D eigenvalue weighted by Gasteiger charge is 2.25. The van der Waals surface area contributed by atoms with Crippen LogP contribution < -0.4 is 5.32 Å². The molecule has 0 aromatic heterocycles. The van der Waals surface area contributed by atoms with Gasteiger partial charge in [0, 0.05) is 22.0 Å². The lowest BCUT2D eigenvalue weighted by molar-refractivity contribution is -0.142. The molecule has 4 nitrogen and oxygen atoms in total. The number of carbonyl (C=O) groups is 2. The van der Waals surface area contributed by atoms with Gasteiger partial charge in [0.1, 0.15) is 6.04 Å². The van der Waals surface area contributed by atoms with Gasteiger partial charge in [0.05, 0.1) is 7.11 Å². The standard InChI is InChI=1S/C17H13Cl2F2NO3/c1-25-17(24)15(8-10-11(18)3-2-4-12(10)19)22-16(23)9-5-6-13(20)14(21)7-9/h2-7,15H,8H2,1H3,(H,22,23)/t15-/m1/s1. The summed E-state index contributed by atoms with van der Waals surface area (Å²) in [6.07, 6.45) is -0.0272. The van der Waals surface area contributed by atoms with Crippen LogP contribution in [-0.2, 0) is 16.0 Å². The van der Waals surface area contributed by atoms with E-state index in [2.05, 4.69) is 10.1 Å². The van der Waals surface area contributed by atoms with Crippen LogP contribution in [0.5, 0.6) is 0 Å². The molecule has 2 rings (SSSR count). The summed E-state index contributed by atoms with van der Waals surface area (Å²) in [5.74, 6) is -3.75. The average Bonchev–Trinajstić information content (AvgIpc) is 2.58. The van der Waals surface area contributed by atoms with Crippen LogP contribution in [0.4, 0.5) is 8.78 Å². The Balaban J connectivity index is 2.24.